The van der Waals surface area contributed by atoms with E-state index in [1.165, 1.54) is 11.1 Å². The number of halogens is 2. The number of hydrogen-bond donors (Lipinski definition) is 1. The summed E-state index contributed by atoms with van der Waals surface area (Å²) < 4.78 is 16.6. The van der Waals surface area contributed by atoms with Crippen molar-refractivity contribution in [2.45, 2.75) is 25.5 Å². The van der Waals surface area contributed by atoms with Gasteiger partial charge in [0.15, 0.2) is 11.5 Å². The molecule has 178 valence electrons. The first-order valence-corrected chi connectivity index (χ1v) is 10.8. The molecule has 0 amide bonds. The Labute approximate surface area is 203 Å². The fourth-order valence-electron chi connectivity index (χ4n) is 4.04. The zero-order valence-corrected chi connectivity index (χ0v) is 20.2. The van der Waals surface area contributed by atoms with Crippen molar-refractivity contribution in [3.8, 4) is 11.5 Å². The number of β-amino-alcohol motifs (C(OH)–C–C–N with tert-alkyl or cyclic N) is 1. The van der Waals surface area contributed by atoms with Gasteiger partial charge in [0.25, 0.3) is 0 Å². The summed E-state index contributed by atoms with van der Waals surface area (Å²) >= 11 is 0. The third kappa shape index (κ3) is 7.51. The lowest BCUT2D eigenvalue weighted by Crippen LogP contribution is -2.48. The molecule has 2 aromatic carbocycles. The van der Waals surface area contributed by atoms with Crippen LogP contribution in [0.1, 0.15) is 24.0 Å². The Kier molecular flexibility index (Phi) is 11.0. The van der Waals surface area contributed by atoms with Gasteiger partial charge >= 0.3 is 0 Å². The first-order valence-electron chi connectivity index (χ1n) is 10.8. The average Bonchev–Trinajstić information content (AvgIpc) is 3.23. The lowest BCUT2D eigenvalue weighted by atomic mass is 10.0. The molecule has 0 spiro atoms. The number of nitrogens with zero attached hydrogens (tertiary/aromatic N) is 2. The van der Waals surface area contributed by atoms with Gasteiger partial charge in [0.1, 0.15) is 0 Å². The quantitative estimate of drug-likeness (QED) is 0.587. The molecule has 2 aromatic rings. The van der Waals surface area contributed by atoms with Gasteiger partial charge in [-0.05, 0) is 23.3 Å². The number of ether oxygens (including phenoxy) is 3. The summed E-state index contributed by atoms with van der Waals surface area (Å²) in [4.78, 5) is 4.77. The van der Waals surface area contributed by atoms with E-state index in [-0.39, 0.29) is 24.8 Å². The first kappa shape index (κ1) is 26.7. The van der Waals surface area contributed by atoms with E-state index >= 15 is 0 Å². The Bertz CT molecular complexity index is 804. The van der Waals surface area contributed by atoms with Crippen molar-refractivity contribution in [3.63, 3.8) is 0 Å². The van der Waals surface area contributed by atoms with Crippen LogP contribution in [0.3, 0.4) is 0 Å². The van der Waals surface area contributed by atoms with E-state index in [9.17, 15) is 5.11 Å². The van der Waals surface area contributed by atoms with Gasteiger partial charge in [-0.15, -0.1) is 24.8 Å². The van der Waals surface area contributed by atoms with E-state index in [1.807, 2.05) is 24.3 Å². The third-order valence-corrected chi connectivity index (χ3v) is 5.82. The molecule has 4 rings (SSSR count). The molecule has 8 heteroatoms. The molecule has 2 atom stereocenters. The van der Waals surface area contributed by atoms with Gasteiger partial charge in [-0.25, -0.2) is 0 Å². The molecule has 2 unspecified atom stereocenters. The number of aliphatic hydroxyl groups excluding tert-OH is 1. The van der Waals surface area contributed by atoms with Crippen LogP contribution in [0.4, 0.5) is 0 Å². The highest BCUT2D eigenvalue weighted by molar-refractivity contribution is 5.85. The maximum atomic E-state index is 10.4. The van der Waals surface area contributed by atoms with Crippen LogP contribution in [-0.2, 0) is 11.3 Å². The largest absolute Gasteiger partial charge is 0.454 e. The van der Waals surface area contributed by atoms with Crippen LogP contribution in [0.25, 0.3) is 0 Å². The number of benzene rings is 2. The van der Waals surface area contributed by atoms with Gasteiger partial charge in [-0.1, -0.05) is 43.3 Å². The van der Waals surface area contributed by atoms with Crippen molar-refractivity contribution >= 4 is 24.8 Å². The molecule has 0 aromatic heterocycles. The van der Waals surface area contributed by atoms with E-state index in [0.717, 1.165) is 44.2 Å². The van der Waals surface area contributed by atoms with Crippen LogP contribution in [0.5, 0.6) is 11.5 Å². The van der Waals surface area contributed by atoms with Gasteiger partial charge in [0, 0.05) is 45.2 Å². The van der Waals surface area contributed by atoms with E-state index in [4.69, 9.17) is 14.2 Å². The lowest BCUT2D eigenvalue weighted by molar-refractivity contribution is 0.00364. The van der Waals surface area contributed by atoms with Crippen LogP contribution in [0.15, 0.2) is 48.5 Å². The van der Waals surface area contributed by atoms with Crippen molar-refractivity contribution < 1.29 is 19.3 Å². The second kappa shape index (κ2) is 13.2. The smallest absolute Gasteiger partial charge is 0.231 e. The molecule has 1 fully saturated rings. The third-order valence-electron chi connectivity index (χ3n) is 5.82. The number of hydrogen-bond acceptors (Lipinski definition) is 6. The minimum Gasteiger partial charge on any atom is -0.454 e. The van der Waals surface area contributed by atoms with E-state index < -0.39 is 6.10 Å². The van der Waals surface area contributed by atoms with Crippen molar-refractivity contribution in [3.05, 3.63) is 59.7 Å². The molecule has 0 saturated carbocycles. The topological polar surface area (TPSA) is 54.4 Å². The molecule has 0 aliphatic carbocycles. The maximum Gasteiger partial charge on any atom is 0.231 e. The molecule has 1 N–H and O–H groups in total. The Morgan fingerprint density at radius 3 is 2.34 bits per heavy atom. The molecule has 2 heterocycles. The summed E-state index contributed by atoms with van der Waals surface area (Å²) in [6, 6.07) is 16.5. The van der Waals surface area contributed by atoms with Crippen LogP contribution in [-0.4, -0.2) is 73.7 Å². The standard InChI is InChI=1S/C24H32N2O4.2ClH/c1-19(21-5-3-2-4-6-21)16-28-17-22(27)15-26-11-9-25(10-12-26)14-20-7-8-23-24(13-20)30-18-29-23;;/h2-8,13,19,22,27H,9-12,14-18H2,1H3;2*1H. The van der Waals surface area contributed by atoms with Crippen LogP contribution in [0.2, 0.25) is 0 Å². The van der Waals surface area contributed by atoms with Crippen LogP contribution in [0, 0.1) is 0 Å². The summed E-state index contributed by atoms with van der Waals surface area (Å²) in [7, 11) is 0. The van der Waals surface area contributed by atoms with E-state index in [2.05, 4.69) is 41.0 Å². The van der Waals surface area contributed by atoms with Gasteiger partial charge in [-0.2, -0.15) is 0 Å². The molecular weight excluding hydrogens is 451 g/mol. The highest BCUT2D eigenvalue weighted by Crippen LogP contribution is 2.32. The molecule has 6 nitrogen and oxygen atoms in total. The summed E-state index contributed by atoms with van der Waals surface area (Å²) in [5, 5.41) is 10.4. The highest BCUT2D eigenvalue weighted by Gasteiger charge is 2.21. The average molecular weight is 485 g/mol. The second-order valence-electron chi connectivity index (χ2n) is 8.27. The lowest BCUT2D eigenvalue weighted by Gasteiger charge is -2.35. The van der Waals surface area contributed by atoms with Crippen molar-refractivity contribution in [1.82, 2.24) is 9.80 Å². The van der Waals surface area contributed by atoms with Gasteiger partial charge in [0.05, 0.1) is 19.3 Å². The van der Waals surface area contributed by atoms with Crippen LogP contribution < -0.4 is 9.47 Å². The zero-order chi connectivity index (χ0) is 20.8. The number of rotatable bonds is 9. The Hall–Kier alpha value is -1.54. The minimum absolute atomic E-state index is 0. The predicted molar refractivity (Wildman–Crippen MR) is 130 cm³/mol. The normalized spacial score (nSPS) is 17.8. The van der Waals surface area contributed by atoms with Crippen molar-refractivity contribution in [2.75, 3.05) is 52.7 Å². The number of fused-ring (bicyclic) bond motifs is 1. The molecule has 2 aliphatic rings. The van der Waals surface area contributed by atoms with Crippen molar-refractivity contribution in [2.24, 2.45) is 0 Å². The van der Waals surface area contributed by atoms with E-state index in [0.29, 0.717) is 32.5 Å². The summed E-state index contributed by atoms with van der Waals surface area (Å²) in [5.41, 5.74) is 2.51. The molecule has 0 bridgehead atoms. The Morgan fingerprint density at radius 2 is 1.59 bits per heavy atom. The summed E-state index contributed by atoms with van der Waals surface area (Å²) in [5.74, 6) is 2.01. The minimum atomic E-state index is -0.451. The zero-order valence-electron chi connectivity index (χ0n) is 18.5. The molecular formula is C24H34Cl2N2O4. The predicted octanol–water partition coefficient (Wildman–Crippen LogP) is 3.56. The fourth-order valence-corrected chi connectivity index (χ4v) is 4.04. The molecule has 32 heavy (non-hydrogen) atoms. The maximum absolute atomic E-state index is 10.4. The van der Waals surface area contributed by atoms with Crippen molar-refractivity contribution in [1.29, 1.82) is 0 Å². The highest BCUT2D eigenvalue weighted by atomic mass is 35.5. The summed E-state index contributed by atoms with van der Waals surface area (Å²) in [6.45, 7) is 8.96. The summed E-state index contributed by atoms with van der Waals surface area (Å²) in [6.07, 6.45) is -0.451. The van der Waals surface area contributed by atoms with Crippen LogP contribution >= 0.6 is 24.8 Å². The SMILES string of the molecule is CC(COCC(O)CN1CCN(Cc2ccc3c(c2)OCO3)CC1)c1ccccc1.Cl.Cl. The monoisotopic (exact) mass is 484 g/mol. The van der Waals surface area contributed by atoms with Gasteiger partial charge < -0.3 is 19.3 Å². The second-order valence-corrected chi connectivity index (χ2v) is 8.27. The number of piperazine rings is 1. The molecule has 2 aliphatic heterocycles. The molecule has 0 radical (unpaired) electrons. The number of aliphatic hydroxyl groups is 1. The fraction of sp³-hybridized carbons (Fsp3) is 0.500. The first-order chi connectivity index (χ1) is 14.7. The van der Waals surface area contributed by atoms with E-state index in [1.54, 1.807) is 0 Å². The van der Waals surface area contributed by atoms with Gasteiger partial charge in [0.2, 0.25) is 6.79 Å². The Balaban J connectivity index is 0.00000181. The molecule has 1 saturated heterocycles. The Morgan fingerprint density at radius 1 is 0.906 bits per heavy atom. The van der Waals surface area contributed by atoms with Gasteiger partial charge in [-0.3, -0.25) is 9.80 Å².